The van der Waals surface area contributed by atoms with Crippen molar-refractivity contribution in [3.05, 3.63) is 59.9 Å². The topological polar surface area (TPSA) is 64.0 Å². The van der Waals surface area contributed by atoms with E-state index in [4.69, 9.17) is 9.47 Å². The van der Waals surface area contributed by atoms with E-state index >= 15 is 0 Å². The molecule has 2 rings (SSSR count). The highest BCUT2D eigenvalue weighted by atomic mass is 16.5. The second-order valence-electron chi connectivity index (χ2n) is 8.12. The smallest absolute Gasteiger partial charge is 0.249 e. The lowest BCUT2D eigenvalue weighted by Gasteiger charge is -2.28. The quantitative estimate of drug-likeness (QED) is 0.361. The van der Waals surface area contributed by atoms with Gasteiger partial charge in [0, 0.05) is 45.2 Å². The largest absolute Gasteiger partial charge is 0.382 e. The van der Waals surface area contributed by atoms with E-state index in [9.17, 15) is 9.59 Å². The molecule has 1 aromatic heterocycles. The van der Waals surface area contributed by atoms with Crippen molar-refractivity contribution in [1.29, 1.82) is 0 Å². The highest BCUT2D eigenvalue weighted by Gasteiger charge is 2.22. The number of carbonyl (C=O) groups is 2. The van der Waals surface area contributed by atoms with E-state index in [0.29, 0.717) is 45.9 Å². The van der Waals surface area contributed by atoms with Crippen LogP contribution in [0.3, 0.4) is 0 Å². The predicted molar refractivity (Wildman–Crippen MR) is 130 cm³/mol. The number of rotatable bonds is 16. The van der Waals surface area contributed by atoms with Gasteiger partial charge >= 0.3 is 0 Å². The maximum atomic E-state index is 13.2. The first-order valence-electron chi connectivity index (χ1n) is 11.9. The lowest BCUT2D eigenvalue weighted by Crippen LogP contribution is -2.45. The van der Waals surface area contributed by atoms with Crippen molar-refractivity contribution in [3.63, 3.8) is 0 Å². The average molecular weight is 458 g/mol. The van der Waals surface area contributed by atoms with Gasteiger partial charge in [-0.2, -0.15) is 0 Å². The molecular formula is C26H39N3O4. The first kappa shape index (κ1) is 26.6. The molecule has 2 aromatic rings. The van der Waals surface area contributed by atoms with Crippen LogP contribution in [-0.4, -0.2) is 65.6 Å². The average Bonchev–Trinajstić information content (AvgIpc) is 3.23. The van der Waals surface area contributed by atoms with Crippen molar-refractivity contribution in [3.8, 4) is 0 Å². The zero-order valence-corrected chi connectivity index (χ0v) is 20.4. The second kappa shape index (κ2) is 15.2. The van der Waals surface area contributed by atoms with Crippen LogP contribution in [0, 0.1) is 0 Å². The van der Waals surface area contributed by atoms with Gasteiger partial charge in [0.15, 0.2) is 0 Å². The third-order valence-corrected chi connectivity index (χ3v) is 5.48. The summed E-state index contributed by atoms with van der Waals surface area (Å²) in [5.74, 6) is -0.220. The number of aryl methyl sites for hydroxylation is 1. The Hall–Kier alpha value is -2.64. The maximum absolute atomic E-state index is 13.2. The molecule has 0 atom stereocenters. The molecule has 182 valence electrons. The summed E-state index contributed by atoms with van der Waals surface area (Å²) < 4.78 is 13.1. The SMILES string of the molecule is CCCCN(Cc1cccn1C)C(=O)CN(CCCOCC)C(=O)COCc1ccccc1. The third-order valence-electron chi connectivity index (χ3n) is 5.48. The Balaban J connectivity index is 1.99. The van der Waals surface area contributed by atoms with Crippen LogP contribution in [0.2, 0.25) is 0 Å². The Morgan fingerprint density at radius 2 is 1.67 bits per heavy atom. The van der Waals surface area contributed by atoms with Crippen molar-refractivity contribution in [1.82, 2.24) is 14.4 Å². The fourth-order valence-corrected chi connectivity index (χ4v) is 3.48. The van der Waals surface area contributed by atoms with E-state index in [1.54, 1.807) is 4.90 Å². The van der Waals surface area contributed by atoms with Gasteiger partial charge in [-0.1, -0.05) is 43.7 Å². The van der Waals surface area contributed by atoms with Crippen molar-refractivity contribution in [2.24, 2.45) is 7.05 Å². The molecule has 0 aliphatic carbocycles. The molecule has 0 unspecified atom stereocenters. The van der Waals surface area contributed by atoms with Crippen molar-refractivity contribution >= 4 is 11.8 Å². The van der Waals surface area contributed by atoms with Crippen LogP contribution in [-0.2, 0) is 39.3 Å². The molecule has 1 heterocycles. The molecule has 0 aliphatic heterocycles. The number of benzene rings is 1. The zero-order valence-electron chi connectivity index (χ0n) is 20.4. The van der Waals surface area contributed by atoms with Gasteiger partial charge < -0.3 is 23.8 Å². The monoisotopic (exact) mass is 457 g/mol. The van der Waals surface area contributed by atoms with E-state index in [1.165, 1.54) is 0 Å². The molecule has 33 heavy (non-hydrogen) atoms. The molecule has 1 aromatic carbocycles. The van der Waals surface area contributed by atoms with E-state index < -0.39 is 0 Å². The summed E-state index contributed by atoms with van der Waals surface area (Å²) in [6.07, 6.45) is 4.58. The number of aromatic nitrogens is 1. The Morgan fingerprint density at radius 3 is 2.33 bits per heavy atom. The Kier molecular flexibility index (Phi) is 12.3. The molecule has 0 fully saturated rings. The lowest BCUT2D eigenvalue weighted by molar-refractivity contribution is -0.144. The summed E-state index contributed by atoms with van der Waals surface area (Å²) in [5.41, 5.74) is 2.08. The van der Waals surface area contributed by atoms with Crippen LogP contribution in [0.1, 0.15) is 44.4 Å². The number of unbranched alkanes of at least 4 members (excludes halogenated alkanes) is 1. The normalized spacial score (nSPS) is 10.9. The van der Waals surface area contributed by atoms with Gasteiger partial charge in [0.25, 0.3) is 0 Å². The number of hydrogen-bond acceptors (Lipinski definition) is 4. The van der Waals surface area contributed by atoms with E-state index in [0.717, 1.165) is 24.1 Å². The summed E-state index contributed by atoms with van der Waals surface area (Å²) in [4.78, 5) is 29.6. The number of amides is 2. The Labute approximate surface area is 198 Å². The summed E-state index contributed by atoms with van der Waals surface area (Å²) in [6.45, 7) is 7.28. The summed E-state index contributed by atoms with van der Waals surface area (Å²) >= 11 is 0. The standard InChI is InChI=1S/C26H39N3O4/c1-4-6-16-28(19-24-14-10-15-27(24)3)25(30)20-29(17-11-18-32-5-2)26(31)22-33-21-23-12-8-7-9-13-23/h7-10,12-15H,4-6,11,16-22H2,1-3H3. The highest BCUT2D eigenvalue weighted by Crippen LogP contribution is 2.09. The number of carbonyl (C=O) groups excluding carboxylic acids is 2. The van der Waals surface area contributed by atoms with Gasteiger partial charge in [-0.15, -0.1) is 0 Å². The first-order valence-corrected chi connectivity index (χ1v) is 11.9. The molecule has 0 saturated heterocycles. The molecule has 0 N–H and O–H groups in total. The number of hydrogen-bond donors (Lipinski definition) is 0. The minimum atomic E-state index is -0.176. The fraction of sp³-hybridized carbons (Fsp3) is 0.538. The molecule has 2 amide bonds. The zero-order chi connectivity index (χ0) is 23.9. The molecule has 7 heteroatoms. The van der Waals surface area contributed by atoms with Crippen LogP contribution in [0.5, 0.6) is 0 Å². The van der Waals surface area contributed by atoms with Crippen LogP contribution < -0.4 is 0 Å². The van der Waals surface area contributed by atoms with Crippen molar-refractivity contribution in [2.45, 2.75) is 46.3 Å². The lowest BCUT2D eigenvalue weighted by atomic mass is 10.2. The van der Waals surface area contributed by atoms with E-state index in [1.807, 2.05) is 72.1 Å². The molecule has 0 radical (unpaired) electrons. The highest BCUT2D eigenvalue weighted by molar-refractivity contribution is 5.85. The molecule has 0 bridgehead atoms. The Morgan fingerprint density at radius 1 is 0.909 bits per heavy atom. The third kappa shape index (κ3) is 9.80. The fourth-order valence-electron chi connectivity index (χ4n) is 3.48. The molecule has 0 spiro atoms. The second-order valence-corrected chi connectivity index (χ2v) is 8.12. The van der Waals surface area contributed by atoms with Gasteiger partial charge in [0.2, 0.25) is 11.8 Å². The summed E-state index contributed by atoms with van der Waals surface area (Å²) in [6, 6.07) is 13.7. The van der Waals surface area contributed by atoms with Crippen molar-refractivity contribution in [2.75, 3.05) is 39.5 Å². The Bertz CT molecular complexity index is 822. The van der Waals surface area contributed by atoms with Gasteiger partial charge in [-0.05, 0) is 37.5 Å². The minimum Gasteiger partial charge on any atom is -0.382 e. The maximum Gasteiger partial charge on any atom is 0.249 e. The predicted octanol–water partition coefficient (Wildman–Crippen LogP) is 3.63. The molecular weight excluding hydrogens is 418 g/mol. The summed E-state index contributed by atoms with van der Waals surface area (Å²) in [5, 5.41) is 0. The van der Waals surface area contributed by atoms with Crippen LogP contribution in [0.25, 0.3) is 0 Å². The summed E-state index contributed by atoms with van der Waals surface area (Å²) in [7, 11) is 1.98. The van der Waals surface area contributed by atoms with Gasteiger partial charge in [-0.3, -0.25) is 9.59 Å². The van der Waals surface area contributed by atoms with Crippen LogP contribution in [0.15, 0.2) is 48.7 Å². The van der Waals surface area contributed by atoms with Gasteiger partial charge in [-0.25, -0.2) is 0 Å². The van der Waals surface area contributed by atoms with Crippen LogP contribution in [0.4, 0.5) is 0 Å². The van der Waals surface area contributed by atoms with E-state index in [2.05, 4.69) is 6.92 Å². The molecule has 0 aliphatic rings. The number of nitrogens with zero attached hydrogens (tertiary/aromatic N) is 3. The van der Waals surface area contributed by atoms with Crippen molar-refractivity contribution < 1.29 is 19.1 Å². The van der Waals surface area contributed by atoms with Gasteiger partial charge in [0.1, 0.15) is 6.61 Å². The van der Waals surface area contributed by atoms with E-state index in [-0.39, 0.29) is 25.0 Å². The minimum absolute atomic E-state index is 0.0440. The van der Waals surface area contributed by atoms with Crippen LogP contribution >= 0.6 is 0 Å². The number of ether oxygens (including phenoxy) is 2. The molecule has 7 nitrogen and oxygen atoms in total. The first-order chi connectivity index (χ1) is 16.0. The molecule has 0 saturated carbocycles. The van der Waals surface area contributed by atoms with Gasteiger partial charge in [0.05, 0.1) is 19.7 Å².